The number of nitrogens with one attached hydrogen (secondary N) is 1. The van der Waals surface area contributed by atoms with Crippen molar-refractivity contribution in [3.05, 3.63) is 72.6 Å². The Morgan fingerprint density at radius 2 is 1.84 bits per heavy atom. The second-order valence-electron chi connectivity index (χ2n) is 6.99. The molecule has 2 heterocycles. The van der Waals surface area contributed by atoms with Gasteiger partial charge in [-0.3, -0.25) is 4.79 Å². The van der Waals surface area contributed by atoms with Crippen molar-refractivity contribution in [2.75, 3.05) is 11.9 Å². The van der Waals surface area contributed by atoms with Crippen LogP contribution in [-0.4, -0.2) is 32.3 Å². The number of carbonyl (C=O) groups excluding carboxylic acids is 1. The lowest BCUT2D eigenvalue weighted by atomic mass is 10.1. The number of fused-ring (bicyclic) bond motifs is 2. The molecule has 0 saturated carbocycles. The predicted molar refractivity (Wildman–Crippen MR) is 122 cm³/mol. The fourth-order valence-electron chi connectivity index (χ4n) is 3.29. The van der Waals surface area contributed by atoms with Crippen LogP contribution in [0.4, 0.5) is 5.69 Å². The van der Waals surface area contributed by atoms with Crippen molar-refractivity contribution in [3.8, 4) is 16.3 Å². The molecule has 0 radical (unpaired) electrons. The van der Waals surface area contributed by atoms with Gasteiger partial charge < -0.3 is 10.1 Å². The van der Waals surface area contributed by atoms with Crippen molar-refractivity contribution in [2.45, 2.75) is 13.3 Å². The van der Waals surface area contributed by atoms with Crippen LogP contribution >= 0.6 is 11.3 Å². The second-order valence-corrected chi connectivity index (χ2v) is 7.95. The van der Waals surface area contributed by atoms with E-state index in [9.17, 15) is 4.79 Å². The van der Waals surface area contributed by atoms with Gasteiger partial charge in [-0.1, -0.05) is 48.6 Å². The van der Waals surface area contributed by atoms with E-state index in [0.717, 1.165) is 38.5 Å². The summed E-state index contributed by atoms with van der Waals surface area (Å²) < 4.78 is 7.43. The number of hydrogen-bond acceptors (Lipinski definition) is 6. The molecule has 154 valence electrons. The average molecular weight is 430 g/mol. The summed E-state index contributed by atoms with van der Waals surface area (Å²) in [6.45, 7) is 1.97. The lowest BCUT2D eigenvalue weighted by Gasteiger charge is -2.09. The van der Waals surface area contributed by atoms with Crippen LogP contribution in [0.2, 0.25) is 0 Å². The smallest absolute Gasteiger partial charge is 0.262 e. The summed E-state index contributed by atoms with van der Waals surface area (Å²) in [6.07, 6.45) is 0.774. The van der Waals surface area contributed by atoms with Crippen LogP contribution in [0.15, 0.2) is 66.7 Å². The van der Waals surface area contributed by atoms with Gasteiger partial charge in [-0.05, 0) is 47.2 Å². The van der Waals surface area contributed by atoms with Crippen molar-refractivity contribution in [1.29, 1.82) is 0 Å². The number of aromatic nitrogens is 4. The van der Waals surface area contributed by atoms with Crippen LogP contribution in [-0.2, 0) is 11.2 Å². The molecule has 0 aliphatic heterocycles. The van der Waals surface area contributed by atoms with Gasteiger partial charge in [0.25, 0.3) is 5.91 Å². The van der Waals surface area contributed by atoms with Gasteiger partial charge in [0.05, 0.1) is 0 Å². The van der Waals surface area contributed by atoms with Crippen molar-refractivity contribution < 1.29 is 9.53 Å². The highest BCUT2D eigenvalue weighted by Gasteiger charge is 2.12. The van der Waals surface area contributed by atoms with Crippen LogP contribution in [0.5, 0.6) is 5.75 Å². The highest BCUT2D eigenvalue weighted by Crippen LogP contribution is 2.27. The number of rotatable bonds is 6. The molecule has 0 aliphatic carbocycles. The summed E-state index contributed by atoms with van der Waals surface area (Å²) >= 11 is 1.48. The first-order chi connectivity index (χ1) is 15.2. The maximum Gasteiger partial charge on any atom is 0.262 e. The molecule has 1 amide bonds. The van der Waals surface area contributed by atoms with Gasteiger partial charge in [-0.15, -0.1) is 10.2 Å². The van der Waals surface area contributed by atoms with Crippen molar-refractivity contribution in [2.24, 2.45) is 0 Å². The van der Waals surface area contributed by atoms with E-state index in [1.807, 2.05) is 73.7 Å². The third kappa shape index (κ3) is 3.97. The molecule has 0 bridgehead atoms. The molecule has 5 rings (SSSR count). The standard InChI is InChI=1S/C23H19N5O2S/c1-2-20-25-26-23-28(20)27-22(31-23)16-7-10-18(11-8-16)24-21(29)14-30-19-12-9-15-5-3-4-6-17(15)13-19/h3-13H,2,14H2,1H3,(H,24,29). The van der Waals surface area contributed by atoms with E-state index in [0.29, 0.717) is 11.4 Å². The minimum Gasteiger partial charge on any atom is -0.484 e. The average Bonchev–Trinajstić information content (AvgIpc) is 3.39. The van der Waals surface area contributed by atoms with Crippen molar-refractivity contribution in [1.82, 2.24) is 19.8 Å². The zero-order chi connectivity index (χ0) is 21.2. The van der Waals surface area contributed by atoms with Gasteiger partial charge in [0.15, 0.2) is 12.4 Å². The molecule has 0 aliphatic rings. The minimum atomic E-state index is -0.215. The van der Waals surface area contributed by atoms with Gasteiger partial charge in [0.1, 0.15) is 10.8 Å². The van der Waals surface area contributed by atoms with Crippen LogP contribution in [0.1, 0.15) is 12.7 Å². The normalized spacial score (nSPS) is 11.1. The lowest BCUT2D eigenvalue weighted by molar-refractivity contribution is -0.118. The number of amides is 1. The van der Waals surface area contributed by atoms with Gasteiger partial charge in [-0.2, -0.15) is 9.61 Å². The number of carbonyl (C=O) groups is 1. The summed E-state index contributed by atoms with van der Waals surface area (Å²) in [5.41, 5.74) is 1.66. The lowest BCUT2D eigenvalue weighted by Crippen LogP contribution is -2.20. The van der Waals surface area contributed by atoms with Crippen LogP contribution in [0, 0.1) is 0 Å². The van der Waals surface area contributed by atoms with Gasteiger partial charge in [0, 0.05) is 17.7 Å². The Morgan fingerprint density at radius 3 is 2.65 bits per heavy atom. The molecule has 1 N–H and O–H groups in total. The number of nitrogens with zero attached hydrogens (tertiary/aromatic N) is 4. The molecule has 5 aromatic rings. The molecular weight excluding hydrogens is 410 g/mol. The molecule has 3 aromatic carbocycles. The molecule has 31 heavy (non-hydrogen) atoms. The molecule has 0 atom stereocenters. The zero-order valence-electron chi connectivity index (χ0n) is 16.8. The third-order valence-corrected chi connectivity index (χ3v) is 5.83. The van der Waals surface area contributed by atoms with Gasteiger partial charge in [0.2, 0.25) is 4.96 Å². The fraction of sp³-hybridized carbons (Fsp3) is 0.130. The van der Waals surface area contributed by atoms with Gasteiger partial charge in [-0.25, -0.2) is 0 Å². The predicted octanol–water partition coefficient (Wildman–Crippen LogP) is 4.59. The summed E-state index contributed by atoms with van der Waals surface area (Å²) in [6, 6.07) is 21.4. The number of benzene rings is 3. The molecule has 0 unspecified atom stereocenters. The molecule has 2 aromatic heterocycles. The largest absolute Gasteiger partial charge is 0.484 e. The van der Waals surface area contributed by atoms with Crippen LogP contribution < -0.4 is 10.1 Å². The molecule has 0 fully saturated rings. The molecule has 0 spiro atoms. The Kier molecular flexibility index (Phi) is 5.05. The molecular formula is C23H19N5O2S. The third-order valence-electron chi connectivity index (χ3n) is 4.88. The molecule has 8 heteroatoms. The highest BCUT2D eigenvalue weighted by atomic mass is 32.1. The minimum absolute atomic E-state index is 0.0590. The second kappa shape index (κ2) is 8.16. The topological polar surface area (TPSA) is 81.4 Å². The van der Waals surface area contributed by atoms with E-state index in [-0.39, 0.29) is 12.5 Å². The monoisotopic (exact) mass is 429 g/mol. The zero-order valence-corrected chi connectivity index (χ0v) is 17.6. The van der Waals surface area contributed by atoms with E-state index in [1.165, 1.54) is 11.3 Å². The quantitative estimate of drug-likeness (QED) is 0.427. The Balaban J connectivity index is 1.22. The molecule has 0 saturated heterocycles. The summed E-state index contributed by atoms with van der Waals surface area (Å²) in [5, 5.41) is 18.8. The van der Waals surface area contributed by atoms with Crippen molar-refractivity contribution in [3.63, 3.8) is 0 Å². The SMILES string of the molecule is CCc1nnc2sc(-c3ccc(NC(=O)COc4ccc5ccccc5c4)cc3)nn12. The number of ether oxygens (including phenoxy) is 1. The van der Waals surface area contributed by atoms with E-state index < -0.39 is 0 Å². The van der Waals surface area contributed by atoms with E-state index in [2.05, 4.69) is 20.6 Å². The Labute approximate surface area is 182 Å². The first-order valence-corrected chi connectivity index (χ1v) is 10.7. The fourth-order valence-corrected chi connectivity index (χ4v) is 4.16. The first kappa shape index (κ1) is 19.2. The number of aryl methyl sites for hydroxylation is 1. The summed E-state index contributed by atoms with van der Waals surface area (Å²) in [4.78, 5) is 13.1. The Morgan fingerprint density at radius 1 is 1.03 bits per heavy atom. The van der Waals surface area contributed by atoms with Crippen LogP contribution in [0.3, 0.4) is 0 Å². The Hall–Kier alpha value is -3.78. The maximum atomic E-state index is 12.3. The number of hydrogen-bond donors (Lipinski definition) is 1. The highest BCUT2D eigenvalue weighted by molar-refractivity contribution is 7.19. The van der Waals surface area contributed by atoms with E-state index >= 15 is 0 Å². The van der Waals surface area contributed by atoms with Crippen LogP contribution in [0.25, 0.3) is 26.3 Å². The summed E-state index contributed by atoms with van der Waals surface area (Å²) in [7, 11) is 0. The van der Waals surface area contributed by atoms with E-state index in [1.54, 1.807) is 4.52 Å². The molecule has 7 nitrogen and oxygen atoms in total. The first-order valence-electron chi connectivity index (χ1n) is 9.92. The van der Waals surface area contributed by atoms with Crippen molar-refractivity contribution >= 4 is 38.7 Å². The summed E-state index contributed by atoms with van der Waals surface area (Å²) in [5.74, 6) is 1.29. The van der Waals surface area contributed by atoms with E-state index in [4.69, 9.17) is 4.74 Å². The number of anilines is 1. The maximum absolute atomic E-state index is 12.3. The van der Waals surface area contributed by atoms with Gasteiger partial charge >= 0.3 is 0 Å². The Bertz CT molecular complexity index is 1370.